The van der Waals surface area contributed by atoms with E-state index in [0.29, 0.717) is 6.54 Å². The summed E-state index contributed by atoms with van der Waals surface area (Å²) in [5.74, 6) is 1.02. The van der Waals surface area contributed by atoms with Crippen molar-refractivity contribution in [1.82, 2.24) is 9.80 Å². The molecule has 15 heavy (non-hydrogen) atoms. The van der Waals surface area contributed by atoms with Crippen molar-refractivity contribution >= 4 is 5.91 Å². The van der Waals surface area contributed by atoms with Crippen molar-refractivity contribution in [2.75, 3.05) is 33.2 Å². The molecule has 4 nitrogen and oxygen atoms in total. The Bertz CT molecular complexity index is 240. The SMILES string of the molecule is CN(CC1CC1)C(=O)CN1CCC(N)C1. The topological polar surface area (TPSA) is 49.6 Å². The second-order valence-electron chi connectivity index (χ2n) is 5.00. The zero-order valence-corrected chi connectivity index (χ0v) is 9.48. The van der Waals surface area contributed by atoms with Gasteiger partial charge in [0.05, 0.1) is 6.54 Å². The molecule has 1 unspecified atom stereocenters. The van der Waals surface area contributed by atoms with Gasteiger partial charge in [-0.15, -0.1) is 0 Å². The predicted octanol–water partition coefficient (Wildman–Crippen LogP) is -0.112. The van der Waals surface area contributed by atoms with Gasteiger partial charge in [0, 0.05) is 32.7 Å². The number of hydrogen-bond donors (Lipinski definition) is 1. The summed E-state index contributed by atoms with van der Waals surface area (Å²) in [7, 11) is 1.91. The van der Waals surface area contributed by atoms with Gasteiger partial charge >= 0.3 is 0 Å². The molecule has 1 aliphatic carbocycles. The second-order valence-corrected chi connectivity index (χ2v) is 5.00. The van der Waals surface area contributed by atoms with Crippen LogP contribution in [0.4, 0.5) is 0 Å². The van der Waals surface area contributed by atoms with Crippen LogP contribution in [0.3, 0.4) is 0 Å². The fourth-order valence-corrected chi connectivity index (χ4v) is 2.11. The quantitative estimate of drug-likeness (QED) is 0.706. The van der Waals surface area contributed by atoms with Crippen LogP contribution in [0, 0.1) is 5.92 Å². The van der Waals surface area contributed by atoms with Gasteiger partial charge in [0.15, 0.2) is 0 Å². The van der Waals surface area contributed by atoms with E-state index in [1.165, 1.54) is 12.8 Å². The maximum Gasteiger partial charge on any atom is 0.236 e. The molecular formula is C11H21N3O. The first-order chi connectivity index (χ1) is 7.15. The van der Waals surface area contributed by atoms with E-state index < -0.39 is 0 Å². The summed E-state index contributed by atoms with van der Waals surface area (Å²) in [6.07, 6.45) is 3.62. The van der Waals surface area contributed by atoms with Crippen LogP contribution in [0.15, 0.2) is 0 Å². The van der Waals surface area contributed by atoms with Crippen LogP contribution in [0.25, 0.3) is 0 Å². The molecule has 2 rings (SSSR count). The normalized spacial score (nSPS) is 26.9. The molecular weight excluding hydrogens is 190 g/mol. The van der Waals surface area contributed by atoms with E-state index in [2.05, 4.69) is 4.90 Å². The van der Waals surface area contributed by atoms with Crippen molar-refractivity contribution in [3.8, 4) is 0 Å². The van der Waals surface area contributed by atoms with Crippen LogP contribution >= 0.6 is 0 Å². The molecule has 0 aromatic heterocycles. The third kappa shape index (κ3) is 3.18. The van der Waals surface area contributed by atoms with Gasteiger partial charge in [0.25, 0.3) is 0 Å². The average Bonchev–Trinajstić information content (AvgIpc) is 2.90. The van der Waals surface area contributed by atoms with Crippen molar-refractivity contribution in [2.24, 2.45) is 11.7 Å². The first-order valence-corrected chi connectivity index (χ1v) is 5.87. The molecule has 0 spiro atoms. The number of likely N-dealkylation sites (N-methyl/N-ethyl adjacent to an activating group) is 1. The average molecular weight is 211 g/mol. The minimum absolute atomic E-state index is 0.246. The van der Waals surface area contributed by atoms with Gasteiger partial charge in [-0.2, -0.15) is 0 Å². The zero-order chi connectivity index (χ0) is 10.8. The van der Waals surface area contributed by atoms with Crippen molar-refractivity contribution in [3.63, 3.8) is 0 Å². The van der Waals surface area contributed by atoms with Gasteiger partial charge in [-0.3, -0.25) is 9.69 Å². The molecule has 1 amide bonds. The molecule has 1 heterocycles. The molecule has 0 bridgehead atoms. The second kappa shape index (κ2) is 4.49. The van der Waals surface area contributed by atoms with Crippen LogP contribution in [-0.2, 0) is 4.79 Å². The fourth-order valence-electron chi connectivity index (χ4n) is 2.11. The summed E-state index contributed by atoms with van der Waals surface area (Å²) < 4.78 is 0. The number of rotatable bonds is 4. The highest BCUT2D eigenvalue weighted by molar-refractivity contribution is 5.78. The summed E-state index contributed by atoms with van der Waals surface area (Å²) in [6.45, 7) is 3.35. The van der Waals surface area contributed by atoms with Gasteiger partial charge < -0.3 is 10.6 Å². The summed E-state index contributed by atoms with van der Waals surface area (Å²) in [5, 5.41) is 0. The highest BCUT2D eigenvalue weighted by Gasteiger charge is 2.26. The molecule has 2 N–H and O–H groups in total. The van der Waals surface area contributed by atoms with Crippen LogP contribution in [0.1, 0.15) is 19.3 Å². The lowest BCUT2D eigenvalue weighted by Gasteiger charge is -2.21. The predicted molar refractivity (Wildman–Crippen MR) is 59.4 cm³/mol. The van der Waals surface area contributed by atoms with E-state index in [0.717, 1.165) is 32.0 Å². The maximum atomic E-state index is 11.8. The monoisotopic (exact) mass is 211 g/mol. The Kier molecular flexibility index (Phi) is 3.26. The number of nitrogens with two attached hydrogens (primary N) is 1. The van der Waals surface area contributed by atoms with Crippen molar-refractivity contribution in [3.05, 3.63) is 0 Å². The minimum Gasteiger partial charge on any atom is -0.344 e. The highest BCUT2D eigenvalue weighted by atomic mass is 16.2. The first-order valence-electron chi connectivity index (χ1n) is 5.87. The van der Waals surface area contributed by atoms with Gasteiger partial charge in [0.2, 0.25) is 5.91 Å². The standard InChI is InChI=1S/C11H21N3O/c1-13(6-9-2-3-9)11(15)8-14-5-4-10(12)7-14/h9-10H,2-8,12H2,1H3. The lowest BCUT2D eigenvalue weighted by molar-refractivity contribution is -0.131. The number of likely N-dealkylation sites (tertiary alicyclic amines) is 1. The number of carbonyl (C=O) groups is 1. The van der Waals surface area contributed by atoms with Crippen LogP contribution in [0.2, 0.25) is 0 Å². The molecule has 86 valence electrons. The van der Waals surface area contributed by atoms with Crippen molar-refractivity contribution < 1.29 is 4.79 Å². The lowest BCUT2D eigenvalue weighted by atomic mass is 10.3. The Hall–Kier alpha value is -0.610. The van der Waals surface area contributed by atoms with Crippen LogP contribution in [-0.4, -0.2) is 55.0 Å². The molecule has 1 aliphatic heterocycles. The molecule has 2 fully saturated rings. The smallest absolute Gasteiger partial charge is 0.236 e. The van der Waals surface area contributed by atoms with Gasteiger partial charge in [0.1, 0.15) is 0 Å². The summed E-state index contributed by atoms with van der Waals surface area (Å²) in [6, 6.07) is 0.270. The lowest BCUT2D eigenvalue weighted by Crippen LogP contribution is -2.39. The number of carbonyl (C=O) groups excluding carboxylic acids is 1. The highest BCUT2D eigenvalue weighted by Crippen LogP contribution is 2.29. The zero-order valence-electron chi connectivity index (χ0n) is 9.48. The third-order valence-corrected chi connectivity index (χ3v) is 3.32. The summed E-state index contributed by atoms with van der Waals surface area (Å²) in [5.41, 5.74) is 5.80. The van der Waals surface area contributed by atoms with E-state index >= 15 is 0 Å². The molecule has 1 saturated carbocycles. The van der Waals surface area contributed by atoms with Crippen molar-refractivity contribution in [1.29, 1.82) is 0 Å². The molecule has 1 saturated heterocycles. The Balaban J connectivity index is 1.70. The Labute approximate surface area is 91.4 Å². The number of nitrogens with zero attached hydrogens (tertiary/aromatic N) is 2. The van der Waals surface area contributed by atoms with E-state index in [9.17, 15) is 4.79 Å². The van der Waals surface area contributed by atoms with Gasteiger partial charge in [-0.25, -0.2) is 0 Å². The molecule has 0 aromatic rings. The van der Waals surface area contributed by atoms with E-state index in [4.69, 9.17) is 5.73 Å². The molecule has 0 radical (unpaired) electrons. The third-order valence-electron chi connectivity index (χ3n) is 3.32. The molecule has 1 atom stereocenters. The Morgan fingerprint density at radius 2 is 2.20 bits per heavy atom. The van der Waals surface area contributed by atoms with Crippen LogP contribution < -0.4 is 5.73 Å². The molecule has 0 aromatic carbocycles. The fraction of sp³-hybridized carbons (Fsp3) is 0.909. The number of hydrogen-bond acceptors (Lipinski definition) is 3. The molecule has 4 heteroatoms. The van der Waals surface area contributed by atoms with Gasteiger partial charge in [-0.05, 0) is 25.2 Å². The minimum atomic E-state index is 0.246. The van der Waals surface area contributed by atoms with E-state index in [-0.39, 0.29) is 11.9 Å². The largest absolute Gasteiger partial charge is 0.344 e. The van der Waals surface area contributed by atoms with Crippen LogP contribution in [0.5, 0.6) is 0 Å². The number of amides is 1. The van der Waals surface area contributed by atoms with E-state index in [1.54, 1.807) is 0 Å². The Morgan fingerprint density at radius 3 is 2.73 bits per heavy atom. The first kappa shape index (κ1) is 10.9. The maximum absolute atomic E-state index is 11.8. The molecule has 2 aliphatic rings. The summed E-state index contributed by atoms with van der Waals surface area (Å²) in [4.78, 5) is 15.9. The van der Waals surface area contributed by atoms with Crippen molar-refractivity contribution in [2.45, 2.75) is 25.3 Å². The van der Waals surface area contributed by atoms with Gasteiger partial charge in [-0.1, -0.05) is 0 Å². The van der Waals surface area contributed by atoms with E-state index in [1.807, 2.05) is 11.9 Å². The summed E-state index contributed by atoms with van der Waals surface area (Å²) >= 11 is 0. The Morgan fingerprint density at radius 1 is 1.47 bits per heavy atom.